The lowest BCUT2D eigenvalue weighted by molar-refractivity contribution is -0.126. The lowest BCUT2D eigenvalue weighted by atomic mass is 10.1. The average molecular weight is 522 g/mol. The second-order valence-electron chi connectivity index (χ2n) is 9.68. The maximum Gasteiger partial charge on any atom is 0.343 e. The Kier molecular flexibility index (Phi) is 15.1. The number of ether oxygens (including phenoxy) is 1. The van der Waals surface area contributed by atoms with Crippen molar-refractivity contribution < 1.29 is 19.1 Å². The number of unbranched alkanes of at least 4 members (excludes halogenated alkanes) is 10. The van der Waals surface area contributed by atoms with Gasteiger partial charge in [-0.05, 0) is 55.3 Å². The van der Waals surface area contributed by atoms with Crippen molar-refractivity contribution in [1.29, 1.82) is 0 Å². The molecular formula is C31H43N3O4. The van der Waals surface area contributed by atoms with Gasteiger partial charge >= 0.3 is 5.97 Å². The normalized spacial score (nSPS) is 10.9. The number of aryl methyl sites for hydroxylation is 1. The third kappa shape index (κ3) is 13.7. The number of carbonyl (C=O) groups is 3. The van der Waals surface area contributed by atoms with Crippen molar-refractivity contribution in [3.63, 3.8) is 0 Å². The molecule has 0 atom stereocenters. The van der Waals surface area contributed by atoms with Crippen LogP contribution in [0.3, 0.4) is 0 Å². The topological polar surface area (TPSA) is 96.9 Å². The van der Waals surface area contributed by atoms with E-state index in [4.69, 9.17) is 4.74 Å². The molecule has 2 aromatic rings. The Morgan fingerprint density at radius 1 is 0.816 bits per heavy atom. The molecule has 0 bridgehead atoms. The van der Waals surface area contributed by atoms with Crippen molar-refractivity contribution in [2.24, 2.45) is 5.10 Å². The maximum absolute atomic E-state index is 12.2. The van der Waals surface area contributed by atoms with Gasteiger partial charge in [0, 0.05) is 6.42 Å². The summed E-state index contributed by atoms with van der Waals surface area (Å²) < 4.78 is 5.39. The van der Waals surface area contributed by atoms with E-state index >= 15 is 0 Å². The lowest BCUT2D eigenvalue weighted by Crippen LogP contribution is -2.34. The summed E-state index contributed by atoms with van der Waals surface area (Å²) >= 11 is 0. The summed E-state index contributed by atoms with van der Waals surface area (Å²) in [4.78, 5) is 36.1. The minimum Gasteiger partial charge on any atom is -0.423 e. The van der Waals surface area contributed by atoms with E-state index in [0.717, 1.165) is 30.4 Å². The van der Waals surface area contributed by atoms with Gasteiger partial charge in [0.15, 0.2) is 0 Å². The Hall–Kier alpha value is -3.48. The van der Waals surface area contributed by atoms with E-state index in [0.29, 0.717) is 17.7 Å². The zero-order valence-corrected chi connectivity index (χ0v) is 23.0. The number of hydrogen-bond donors (Lipinski definition) is 2. The first-order valence-electron chi connectivity index (χ1n) is 14.0. The molecule has 2 aromatic carbocycles. The van der Waals surface area contributed by atoms with Crippen molar-refractivity contribution in [2.75, 3.05) is 6.54 Å². The summed E-state index contributed by atoms with van der Waals surface area (Å²) in [5, 5.41) is 6.55. The van der Waals surface area contributed by atoms with Crippen LogP contribution in [0.5, 0.6) is 5.75 Å². The molecule has 7 nitrogen and oxygen atoms in total. The first-order chi connectivity index (χ1) is 18.5. The molecule has 0 aliphatic heterocycles. The fraction of sp³-hybridized carbons (Fsp3) is 0.484. The summed E-state index contributed by atoms with van der Waals surface area (Å²) in [6.45, 7) is 4.04. The predicted molar refractivity (Wildman–Crippen MR) is 152 cm³/mol. The van der Waals surface area contributed by atoms with Gasteiger partial charge in [-0.2, -0.15) is 5.10 Å². The van der Waals surface area contributed by atoms with Gasteiger partial charge in [0.25, 0.3) is 5.91 Å². The number of carbonyl (C=O) groups excluding carboxylic acids is 3. The first-order valence-corrected chi connectivity index (χ1v) is 14.0. The second-order valence-corrected chi connectivity index (χ2v) is 9.68. The van der Waals surface area contributed by atoms with E-state index in [2.05, 4.69) is 22.8 Å². The number of amides is 2. The van der Waals surface area contributed by atoms with Gasteiger partial charge in [0.05, 0.1) is 18.3 Å². The molecule has 206 valence electrons. The number of nitrogens with zero attached hydrogens (tertiary/aromatic N) is 1. The van der Waals surface area contributed by atoms with Crippen LogP contribution >= 0.6 is 0 Å². The molecule has 2 N–H and O–H groups in total. The fourth-order valence-corrected chi connectivity index (χ4v) is 4.00. The molecule has 0 spiro atoms. The number of nitrogens with one attached hydrogen (secondary N) is 2. The van der Waals surface area contributed by atoms with Gasteiger partial charge in [0.2, 0.25) is 5.91 Å². The maximum atomic E-state index is 12.2. The highest BCUT2D eigenvalue weighted by molar-refractivity contribution is 5.91. The van der Waals surface area contributed by atoms with E-state index in [1.165, 1.54) is 57.6 Å². The van der Waals surface area contributed by atoms with Gasteiger partial charge in [-0.15, -0.1) is 0 Å². The third-order valence-corrected chi connectivity index (χ3v) is 6.20. The average Bonchev–Trinajstić information content (AvgIpc) is 2.91. The molecule has 0 unspecified atom stereocenters. The molecule has 7 heteroatoms. The summed E-state index contributed by atoms with van der Waals surface area (Å²) in [6, 6.07) is 14.0. The SMILES string of the molecule is CCCCCCCCCCCCCC(=O)NCC(=O)N/N=C\c1ccc(OC(=O)c2cccc(C)c2)cc1. The monoisotopic (exact) mass is 521 g/mol. The highest BCUT2D eigenvalue weighted by Gasteiger charge is 2.08. The largest absolute Gasteiger partial charge is 0.423 e. The van der Waals surface area contributed by atoms with Crippen LogP contribution in [0.15, 0.2) is 53.6 Å². The zero-order valence-electron chi connectivity index (χ0n) is 23.0. The Morgan fingerprint density at radius 2 is 1.45 bits per heavy atom. The summed E-state index contributed by atoms with van der Waals surface area (Å²) in [5.74, 6) is -0.515. The Bertz CT molecular complexity index is 1020. The van der Waals surface area contributed by atoms with Crippen molar-refractivity contribution in [3.8, 4) is 5.75 Å². The van der Waals surface area contributed by atoms with Crippen LogP contribution in [0.1, 0.15) is 105 Å². The van der Waals surface area contributed by atoms with E-state index < -0.39 is 11.9 Å². The minimum atomic E-state index is -0.423. The van der Waals surface area contributed by atoms with Crippen LogP contribution < -0.4 is 15.5 Å². The standard InChI is InChI=1S/C31H43N3O4/c1-3-4-5-6-7-8-9-10-11-12-13-17-29(35)32-24-30(36)34-33-23-26-18-20-28(21-19-26)38-31(37)27-16-14-15-25(2)22-27/h14-16,18-23H,3-13,17,24H2,1-2H3,(H,32,35)(H,34,36)/b33-23-. The molecule has 0 heterocycles. The molecule has 0 fully saturated rings. The highest BCUT2D eigenvalue weighted by Crippen LogP contribution is 2.15. The molecule has 0 radical (unpaired) electrons. The highest BCUT2D eigenvalue weighted by atomic mass is 16.5. The molecule has 0 aromatic heterocycles. The smallest absolute Gasteiger partial charge is 0.343 e. The van der Waals surface area contributed by atoms with Gasteiger partial charge < -0.3 is 10.1 Å². The zero-order chi connectivity index (χ0) is 27.4. The number of rotatable bonds is 18. The van der Waals surface area contributed by atoms with Crippen molar-refractivity contribution in [2.45, 2.75) is 90.9 Å². The fourth-order valence-electron chi connectivity index (χ4n) is 4.00. The number of hydrogen-bond acceptors (Lipinski definition) is 5. The van der Waals surface area contributed by atoms with Gasteiger partial charge in [-0.3, -0.25) is 9.59 Å². The van der Waals surface area contributed by atoms with E-state index in [-0.39, 0.29) is 12.5 Å². The summed E-state index contributed by atoms with van der Waals surface area (Å²) in [6.07, 6.45) is 15.5. The van der Waals surface area contributed by atoms with Gasteiger partial charge in [0.1, 0.15) is 5.75 Å². The lowest BCUT2D eigenvalue weighted by Gasteiger charge is -2.05. The molecule has 0 saturated heterocycles. The number of benzene rings is 2. The Morgan fingerprint density at radius 3 is 2.08 bits per heavy atom. The number of hydrazone groups is 1. The minimum absolute atomic E-state index is 0.109. The summed E-state index contributed by atoms with van der Waals surface area (Å²) in [5.41, 5.74) is 4.60. The summed E-state index contributed by atoms with van der Waals surface area (Å²) in [7, 11) is 0. The molecule has 2 amide bonds. The quantitative estimate of drug-likeness (QED) is 0.0771. The Labute approximate surface area is 227 Å². The molecule has 2 rings (SSSR count). The van der Waals surface area contributed by atoms with Crippen molar-refractivity contribution in [3.05, 3.63) is 65.2 Å². The third-order valence-electron chi connectivity index (χ3n) is 6.20. The van der Waals surface area contributed by atoms with Crippen LogP contribution in [-0.4, -0.2) is 30.5 Å². The second kappa shape index (κ2) is 18.7. The van der Waals surface area contributed by atoms with Crippen LogP contribution in [-0.2, 0) is 9.59 Å². The first kappa shape index (κ1) is 30.7. The van der Waals surface area contributed by atoms with Crippen molar-refractivity contribution in [1.82, 2.24) is 10.7 Å². The molecular weight excluding hydrogens is 478 g/mol. The molecule has 0 aliphatic rings. The van der Waals surface area contributed by atoms with Crippen LogP contribution in [0.2, 0.25) is 0 Å². The molecule has 38 heavy (non-hydrogen) atoms. The Balaban J connectivity index is 1.53. The van der Waals surface area contributed by atoms with Crippen LogP contribution in [0.4, 0.5) is 0 Å². The van der Waals surface area contributed by atoms with Crippen molar-refractivity contribution >= 4 is 24.0 Å². The van der Waals surface area contributed by atoms with E-state index in [1.54, 1.807) is 36.4 Å². The van der Waals surface area contributed by atoms with Gasteiger partial charge in [-0.25, -0.2) is 10.2 Å². The predicted octanol–water partition coefficient (Wildman–Crippen LogP) is 6.48. The van der Waals surface area contributed by atoms with Crippen LogP contribution in [0.25, 0.3) is 0 Å². The van der Waals surface area contributed by atoms with Gasteiger partial charge in [-0.1, -0.05) is 88.8 Å². The molecule has 0 saturated carbocycles. The van der Waals surface area contributed by atoms with E-state index in [1.807, 2.05) is 19.1 Å². The molecule has 0 aliphatic carbocycles. The van der Waals surface area contributed by atoms with Crippen LogP contribution in [0, 0.1) is 6.92 Å². The number of esters is 1. The van der Waals surface area contributed by atoms with E-state index in [9.17, 15) is 14.4 Å².